The first kappa shape index (κ1) is 59.4. The summed E-state index contributed by atoms with van der Waals surface area (Å²) in [6.07, 6.45) is -0.412. The molecule has 1 saturated heterocycles. The van der Waals surface area contributed by atoms with Gasteiger partial charge in [0.1, 0.15) is 31.6 Å². The number of thiol groups is 1. The highest BCUT2D eigenvalue weighted by Gasteiger charge is 2.44. The molecule has 2 aliphatic rings. The molecule has 0 saturated carbocycles. The first-order valence-corrected chi connectivity index (χ1v) is 32.9. The SMILES string of the molecule is CNOP(O)(=S)OC[C@H]1O[C@@H](n2cnc3c(=O)[nH]c(N)nc32)CC1OP(=O)(S)OCC1=C(OP(O)(=S)OCc2oc(-n3cc(C)c(=O)[nH]c3=O)c(OC)c2OP(=O)(OCCCO)SC)CC(n2cc(C)c(=O)[nH]c2=O)O1. The van der Waals surface area contributed by atoms with Crippen molar-refractivity contribution >= 4 is 91.4 Å². The summed E-state index contributed by atoms with van der Waals surface area (Å²) in [4.78, 5) is 100. The molecule has 0 aromatic carbocycles. The highest BCUT2D eigenvalue weighted by Crippen LogP contribution is 2.62. The topological polar surface area (TPSA) is 421 Å². The van der Waals surface area contributed by atoms with Gasteiger partial charge in [0.15, 0.2) is 34.7 Å². The van der Waals surface area contributed by atoms with Crippen LogP contribution in [0.5, 0.6) is 11.5 Å². The molecule has 76 heavy (non-hydrogen) atoms. The first-order valence-electron chi connectivity index (χ1n) is 21.7. The van der Waals surface area contributed by atoms with Crippen molar-refractivity contribution in [3.63, 3.8) is 0 Å². The molecule has 2 aliphatic heterocycles. The molecule has 5 aromatic heterocycles. The second-order valence-corrected chi connectivity index (χ2v) is 28.3. The molecule has 40 heteroatoms. The third-order valence-corrected chi connectivity index (χ3v) is 18.3. The zero-order chi connectivity index (χ0) is 55.5. The smallest absolute Gasteiger partial charge is 0.440 e. The minimum absolute atomic E-state index is 0.0156. The van der Waals surface area contributed by atoms with Gasteiger partial charge in [0.2, 0.25) is 17.4 Å². The molecule has 0 radical (unpaired) electrons. The molecule has 7 rings (SSSR count). The first-order chi connectivity index (χ1) is 35.8. The molecule has 6 unspecified atom stereocenters. The minimum atomic E-state index is -4.62. The molecule has 0 aliphatic carbocycles. The lowest BCUT2D eigenvalue weighted by atomic mass is 10.2. The maximum Gasteiger partial charge on any atom is 0.440 e. The van der Waals surface area contributed by atoms with Crippen LogP contribution in [0.4, 0.5) is 5.95 Å². The number of hydrogen-bond acceptors (Lipinski definition) is 27. The summed E-state index contributed by atoms with van der Waals surface area (Å²) in [6, 6.07) is 0. The van der Waals surface area contributed by atoms with Gasteiger partial charge in [0.05, 0.1) is 33.1 Å². The van der Waals surface area contributed by atoms with E-state index in [0.29, 0.717) is 11.4 Å². The number of nitrogens with zero attached hydrogens (tertiary/aromatic N) is 5. The largest absolute Gasteiger partial charge is 0.488 e. The molecule has 0 bridgehead atoms. The van der Waals surface area contributed by atoms with Crippen LogP contribution in [-0.2, 0) is 80.6 Å². The van der Waals surface area contributed by atoms with Gasteiger partial charge in [-0.2, -0.15) is 10.5 Å². The molecule has 8 atom stereocenters. The zero-order valence-electron chi connectivity index (χ0n) is 40.1. The van der Waals surface area contributed by atoms with Crippen LogP contribution in [0.15, 0.2) is 58.6 Å². The molecule has 5 aromatic rings. The van der Waals surface area contributed by atoms with Crippen molar-refractivity contribution < 1.29 is 78.9 Å². The van der Waals surface area contributed by atoms with Crippen LogP contribution in [-0.4, -0.2) is 113 Å². The number of aliphatic hydroxyl groups excluding tert-OH is 1. The molecular weight excluding hydrogens is 1180 g/mol. The van der Waals surface area contributed by atoms with E-state index in [4.69, 9.17) is 84.3 Å². The number of aryl methyl sites for hydroxylation is 2. The van der Waals surface area contributed by atoms with Gasteiger partial charge in [-0.25, -0.2) is 32.9 Å². The normalized spacial score (nSPS) is 21.0. The van der Waals surface area contributed by atoms with E-state index in [0.717, 1.165) is 22.4 Å². The number of H-pyrrole nitrogens is 3. The number of imidazole rings is 1. The Kier molecular flexibility index (Phi) is 19.1. The van der Waals surface area contributed by atoms with Crippen LogP contribution in [0, 0.1) is 13.8 Å². The minimum Gasteiger partial charge on any atom is -0.488 e. The number of methoxy groups -OCH3 is 1. The molecule has 0 amide bonds. The second kappa shape index (κ2) is 24.4. The number of hydrogen-bond donors (Lipinski definition) is 9. The summed E-state index contributed by atoms with van der Waals surface area (Å²) in [6.45, 7) is -17.3. The maximum absolute atomic E-state index is 14.2. The van der Waals surface area contributed by atoms with Gasteiger partial charge in [-0.15, -0.1) is 0 Å². The predicted molar refractivity (Wildman–Crippen MR) is 277 cm³/mol. The molecule has 32 nitrogen and oxygen atoms in total. The number of rotatable bonds is 26. The van der Waals surface area contributed by atoms with Crippen molar-refractivity contribution in [3.05, 3.63) is 99.2 Å². The number of nitrogen functional groups attached to an aromatic ring is 1. The Morgan fingerprint density at radius 3 is 2.33 bits per heavy atom. The van der Waals surface area contributed by atoms with Crippen LogP contribution in [0.3, 0.4) is 0 Å². The number of aliphatic hydroxyl groups is 1. The van der Waals surface area contributed by atoms with Gasteiger partial charge in [-0.3, -0.25) is 56.6 Å². The van der Waals surface area contributed by atoms with Crippen LogP contribution in [0.2, 0.25) is 0 Å². The molecule has 418 valence electrons. The number of ether oxygens (including phenoxy) is 3. The highest BCUT2D eigenvalue weighted by atomic mass is 32.7. The van der Waals surface area contributed by atoms with Gasteiger partial charge >= 0.3 is 38.4 Å². The Morgan fingerprint density at radius 2 is 1.64 bits per heavy atom. The summed E-state index contributed by atoms with van der Waals surface area (Å²) in [5, 5.41) is 9.30. The lowest BCUT2D eigenvalue weighted by molar-refractivity contribution is -0.0394. The van der Waals surface area contributed by atoms with Crippen molar-refractivity contribution in [3.8, 4) is 17.4 Å². The predicted octanol–water partition coefficient (Wildman–Crippen LogP) is 2.25. The summed E-state index contributed by atoms with van der Waals surface area (Å²) >= 11 is 15.2. The van der Waals surface area contributed by atoms with E-state index in [9.17, 15) is 48.0 Å². The van der Waals surface area contributed by atoms with Crippen molar-refractivity contribution in [2.45, 2.75) is 64.4 Å². The van der Waals surface area contributed by atoms with E-state index < -0.39 is 123 Å². The number of hydroxylamine groups is 1. The van der Waals surface area contributed by atoms with Crippen molar-refractivity contribution in [2.24, 2.45) is 0 Å². The van der Waals surface area contributed by atoms with E-state index in [1.54, 1.807) is 0 Å². The zero-order valence-corrected chi connectivity index (χ0v) is 47.0. The van der Waals surface area contributed by atoms with Gasteiger partial charge < -0.3 is 52.8 Å². The Hall–Kier alpha value is -4.25. The van der Waals surface area contributed by atoms with Crippen LogP contribution >= 0.6 is 50.7 Å². The number of nitrogens with one attached hydrogen (secondary N) is 4. The van der Waals surface area contributed by atoms with E-state index in [1.807, 2.05) is 0 Å². The van der Waals surface area contributed by atoms with Crippen LogP contribution in [0.25, 0.3) is 17.0 Å². The summed E-state index contributed by atoms with van der Waals surface area (Å²) in [5.74, 6) is -2.56. The van der Waals surface area contributed by atoms with E-state index >= 15 is 0 Å². The van der Waals surface area contributed by atoms with Gasteiger partial charge in [0.25, 0.3) is 22.6 Å². The number of aromatic nitrogens is 8. The fourth-order valence-electron chi connectivity index (χ4n) is 7.09. The molecule has 7 heterocycles. The van der Waals surface area contributed by atoms with Crippen molar-refractivity contribution in [1.29, 1.82) is 0 Å². The second-order valence-electron chi connectivity index (χ2n) is 15.8. The monoisotopic (exact) mass is 1220 g/mol. The van der Waals surface area contributed by atoms with Gasteiger partial charge in [-0.05, 0) is 49.7 Å². The Morgan fingerprint density at radius 1 is 0.934 bits per heavy atom. The fraction of sp³-hybridized carbons (Fsp3) is 0.472. The number of aromatic amines is 3. The lowest BCUT2D eigenvalue weighted by Gasteiger charge is -2.23. The van der Waals surface area contributed by atoms with Crippen molar-refractivity contribution in [1.82, 2.24) is 44.1 Å². The summed E-state index contributed by atoms with van der Waals surface area (Å²) in [5.41, 5.74) is 4.14. The van der Waals surface area contributed by atoms with Gasteiger partial charge in [0, 0.05) is 55.4 Å². The number of furan rings is 1. The fourth-order valence-corrected chi connectivity index (χ4v) is 12.8. The van der Waals surface area contributed by atoms with E-state index in [2.05, 4.69) is 42.6 Å². The summed E-state index contributed by atoms with van der Waals surface area (Å²) < 4.78 is 99.6. The third-order valence-electron chi connectivity index (χ3n) is 10.6. The third kappa shape index (κ3) is 14.1. The van der Waals surface area contributed by atoms with Crippen molar-refractivity contribution in [2.75, 3.05) is 52.6 Å². The highest BCUT2D eigenvalue weighted by molar-refractivity contribution is 8.54. The Balaban J connectivity index is 1.17. The van der Waals surface area contributed by atoms with E-state index in [1.165, 1.54) is 44.2 Å². The van der Waals surface area contributed by atoms with E-state index in [-0.39, 0.29) is 71.6 Å². The Bertz CT molecular complexity index is 3530. The Labute approximate surface area is 445 Å². The quantitative estimate of drug-likeness (QED) is 0.0166. The number of anilines is 1. The average Bonchev–Trinajstić information content (AvgIpc) is 4.13. The molecule has 9 N–H and O–H groups in total. The number of nitrogens with two attached hydrogens (primary N) is 1. The average molecular weight is 1220 g/mol. The van der Waals surface area contributed by atoms with Crippen LogP contribution < -0.4 is 48.5 Å². The summed E-state index contributed by atoms with van der Waals surface area (Å²) in [7, 11) is 2.48. The molecular formula is C36H48N10O22P4S4. The molecule has 1 fully saturated rings. The van der Waals surface area contributed by atoms with Gasteiger partial charge in [-0.1, -0.05) is 12.2 Å². The van der Waals surface area contributed by atoms with Crippen LogP contribution in [0.1, 0.15) is 48.6 Å². The maximum atomic E-state index is 14.2. The lowest BCUT2D eigenvalue weighted by Crippen LogP contribution is -2.33. The number of fused-ring (bicyclic) bond motifs is 1. The standard InChI is InChI=1S/C36H48N10O22P4S4/c1-17-11-44(35(51)42-30(17)48)24-9-19(65-70(54,74)60-15-23-27(67-72(56,76-5)58-8-6-7-47)28(57-4)33(64-23)45-12-18(2)31(49)43-36(45)52)21(62-24)13-59-69(53,73)66-20-10-25(63-22(20)14-61-71(55,75)68-38-3)46-16-39-26-29(46)40-34(37)41-32(26)50/h11-12,16,20,22,24-25,38,47H,6-10,13-15H2,1-5H3,(H,53,73)(H,54,74)(H,55,75)(H,42,48,51)(H,43,49,52)(H3,37,40,41,50)/t20?,22-,24?,25-,69?,70?,71?,72?/m1/s1. The molecule has 0 spiro atoms.